The van der Waals surface area contributed by atoms with Gasteiger partial charge in [-0.1, -0.05) is 105 Å². The summed E-state index contributed by atoms with van der Waals surface area (Å²) in [5, 5.41) is 114. The van der Waals surface area contributed by atoms with Gasteiger partial charge in [-0.3, -0.25) is 9.59 Å². The van der Waals surface area contributed by atoms with Gasteiger partial charge in [-0.15, -0.1) is 0 Å². The Morgan fingerprint density at radius 3 is 2.03 bits per heavy atom. The summed E-state index contributed by atoms with van der Waals surface area (Å²) in [7, 11) is 0. The quantitative estimate of drug-likeness (QED) is 0.0194. The monoisotopic (exact) mass is 1310 g/mol. The fraction of sp³-hybridized carbons (Fsp3) is 0.853. The van der Waals surface area contributed by atoms with E-state index in [1.54, 1.807) is 6.92 Å². The van der Waals surface area contributed by atoms with E-state index in [4.69, 9.17) is 47.4 Å². The number of carbonyl (C=O) groups excluding carboxylic acids is 4. The van der Waals surface area contributed by atoms with Crippen molar-refractivity contribution in [2.45, 2.75) is 284 Å². The molecule has 0 radical (unpaired) electrons. The predicted octanol–water partition coefficient (Wildman–Crippen LogP) is 3.90. The standard InChI is InChI=1S/C68H108O24/c1-15-17-27-83-59(82)52-50(89-60-48(77)45(74)39(72)31-84-60)51(85-36(7)71)53(91-61-49(78)47(76)46(75)40(30-69)86-61)62(90-52)87-43-24-25-65(12)41(64(43,10)11)23-26-66(13)42(65)22-21-37-38-29-63(8,9)56(88-44(73)28-34(5)20-18-19-33(3)4)57(92-58(81)35(6)16-2)68(38,32-70)55(80)54(79)67(37,66)14/h19,21,28,35,38-43,45-57,60-62,69-70,72,74-80H,15-18,20,22-27,29-32H2,1-14H3/b34-28-/t35?,38-,39-,40+,41-,42+,43-,45-,46+,47-,48+,49+,50-,51-,52-,53+,54-,55+,56-,57-,60-,61-,62+,65-,66+,67-,68-/m0/s1. The number of unbranched alkanes of at least 4 members (excludes halogenated alkanes) is 1. The summed E-state index contributed by atoms with van der Waals surface area (Å²) < 4.78 is 62.5. The summed E-state index contributed by atoms with van der Waals surface area (Å²) in [5.41, 5.74) is -3.02. The molecule has 0 bridgehead atoms. The molecule has 92 heavy (non-hydrogen) atoms. The Labute approximate surface area is 541 Å². The first-order chi connectivity index (χ1) is 43.1. The van der Waals surface area contributed by atoms with E-state index in [0.29, 0.717) is 64.2 Å². The van der Waals surface area contributed by atoms with Crippen molar-refractivity contribution in [3.63, 3.8) is 0 Å². The van der Waals surface area contributed by atoms with Gasteiger partial charge in [0.1, 0.15) is 54.9 Å². The van der Waals surface area contributed by atoms with Gasteiger partial charge in [0, 0.05) is 23.8 Å². The number of fused-ring (bicyclic) bond motifs is 7. The predicted molar refractivity (Wildman–Crippen MR) is 328 cm³/mol. The zero-order valence-corrected chi connectivity index (χ0v) is 56.3. The van der Waals surface area contributed by atoms with Crippen molar-refractivity contribution in [2.24, 2.45) is 56.2 Å². The molecule has 0 aromatic heterocycles. The van der Waals surface area contributed by atoms with E-state index in [-0.39, 0.29) is 18.4 Å². The van der Waals surface area contributed by atoms with Crippen LogP contribution in [0.3, 0.4) is 0 Å². The highest BCUT2D eigenvalue weighted by molar-refractivity contribution is 5.83. The highest BCUT2D eigenvalue weighted by Crippen LogP contribution is 2.76. The lowest BCUT2D eigenvalue weighted by Crippen LogP contribution is -2.76. The largest absolute Gasteiger partial charge is 0.464 e. The van der Waals surface area contributed by atoms with Crippen LogP contribution in [0.15, 0.2) is 34.9 Å². The molecule has 0 spiro atoms. The number of carbonyl (C=O) groups is 4. The Bertz CT molecular complexity index is 2690. The van der Waals surface area contributed by atoms with E-state index in [0.717, 1.165) is 30.1 Å². The van der Waals surface area contributed by atoms with Gasteiger partial charge in [-0.2, -0.15) is 0 Å². The summed E-state index contributed by atoms with van der Waals surface area (Å²) in [5.74, 6) is -4.73. The van der Waals surface area contributed by atoms with Crippen LogP contribution in [-0.4, -0.2) is 218 Å². The topological polar surface area (TPSA) is 363 Å². The number of esters is 4. The van der Waals surface area contributed by atoms with Crippen molar-refractivity contribution in [3.8, 4) is 0 Å². The maximum Gasteiger partial charge on any atom is 0.338 e. The van der Waals surface area contributed by atoms with Crippen LogP contribution < -0.4 is 0 Å². The van der Waals surface area contributed by atoms with Gasteiger partial charge in [-0.05, 0) is 119 Å². The van der Waals surface area contributed by atoms with Crippen LogP contribution in [-0.2, 0) is 66.5 Å². The maximum absolute atomic E-state index is 14.5. The molecule has 8 rings (SSSR count). The van der Waals surface area contributed by atoms with Crippen molar-refractivity contribution >= 4 is 23.9 Å². The third-order valence-corrected chi connectivity index (χ3v) is 23.3. The third-order valence-electron chi connectivity index (χ3n) is 23.3. The minimum atomic E-state index is -2.00. The van der Waals surface area contributed by atoms with Crippen molar-refractivity contribution in [1.29, 1.82) is 0 Å². The molecule has 524 valence electrons. The molecule has 5 aliphatic carbocycles. The number of hydrogen-bond donors (Lipinski definition) is 10. The minimum absolute atomic E-state index is 0.0754. The number of aliphatic hydroxyl groups excluding tert-OH is 10. The van der Waals surface area contributed by atoms with E-state index in [1.807, 2.05) is 55.4 Å². The number of allylic oxidation sites excluding steroid dienone is 4. The first kappa shape index (κ1) is 74.3. The molecular formula is C68H108O24. The molecular weight excluding hydrogens is 1200 g/mol. The molecule has 8 aliphatic rings. The molecule has 10 N–H and O–H groups in total. The average molecular weight is 1310 g/mol. The smallest absolute Gasteiger partial charge is 0.338 e. The lowest BCUT2D eigenvalue weighted by atomic mass is 9.32. The van der Waals surface area contributed by atoms with Crippen molar-refractivity contribution in [3.05, 3.63) is 34.9 Å². The number of ether oxygens (including phenoxy) is 10. The summed E-state index contributed by atoms with van der Waals surface area (Å²) in [6.07, 6.45) is -20.3. The second-order valence-electron chi connectivity index (χ2n) is 30.1. The summed E-state index contributed by atoms with van der Waals surface area (Å²) >= 11 is 0. The first-order valence-electron chi connectivity index (χ1n) is 33.4. The summed E-state index contributed by atoms with van der Waals surface area (Å²) in [6.45, 7) is 24.7. The molecule has 1 unspecified atom stereocenters. The highest BCUT2D eigenvalue weighted by atomic mass is 16.8. The molecule has 27 atom stereocenters. The van der Waals surface area contributed by atoms with Crippen LogP contribution in [0.25, 0.3) is 0 Å². The molecule has 4 saturated carbocycles. The van der Waals surface area contributed by atoms with Crippen LogP contribution in [0.1, 0.15) is 168 Å². The van der Waals surface area contributed by atoms with E-state index in [1.165, 1.54) is 6.08 Å². The Morgan fingerprint density at radius 2 is 1.40 bits per heavy atom. The zero-order chi connectivity index (χ0) is 68.1. The second kappa shape index (κ2) is 28.9. The molecule has 7 fully saturated rings. The SMILES string of the molecule is CCCCOC(=O)[C@H]1O[C@@H](O[C@H]2CC[C@]3(C)[C@H]4CC=C5[C@@H]6CC(C)(C)[C@@H](OC(=O)/C=C(/C)CCC=C(C)C)[C@H](OC(=O)C(C)CC)[C@]6(CO)[C@H](O)[C@H](O)[C@@]5(C)[C@]4(C)CC[C@H]3C2(C)C)[C@H](O[C@@H]2O[C@H](CO)[C@@H](O)[C@H](O)[C@H]2O)[C@@H](OC(C)=O)[C@@H]1O[C@@H]1OC[C@H](O)[C@H](O)[C@H]1O. The normalized spacial score (nSPS) is 44.3. The molecule has 0 aromatic rings. The Morgan fingerprint density at radius 1 is 0.728 bits per heavy atom. The van der Waals surface area contributed by atoms with Gasteiger partial charge in [0.2, 0.25) is 0 Å². The Balaban J connectivity index is 1.15. The van der Waals surface area contributed by atoms with Crippen molar-refractivity contribution < 1.29 is 118 Å². The van der Waals surface area contributed by atoms with Crippen LogP contribution in [0.5, 0.6) is 0 Å². The summed E-state index contributed by atoms with van der Waals surface area (Å²) in [4.78, 5) is 56.0. The Kier molecular flexibility index (Phi) is 23.3. The molecule has 3 saturated heterocycles. The lowest BCUT2D eigenvalue weighted by molar-refractivity contribution is -0.388. The molecule has 0 amide bonds. The van der Waals surface area contributed by atoms with Crippen LogP contribution in [0.2, 0.25) is 0 Å². The average Bonchev–Trinajstić information content (AvgIpc) is 0.663. The zero-order valence-electron chi connectivity index (χ0n) is 56.3. The van der Waals surface area contributed by atoms with Gasteiger partial charge >= 0.3 is 23.9 Å². The van der Waals surface area contributed by atoms with E-state index < -0.39 is 205 Å². The molecule has 0 aromatic carbocycles. The number of aliphatic hydroxyl groups is 10. The minimum Gasteiger partial charge on any atom is -0.464 e. The molecule has 3 aliphatic heterocycles. The third kappa shape index (κ3) is 13.5. The molecule has 3 heterocycles. The van der Waals surface area contributed by atoms with Gasteiger partial charge in [0.25, 0.3) is 0 Å². The number of hydrogen-bond acceptors (Lipinski definition) is 24. The van der Waals surface area contributed by atoms with Crippen LogP contribution in [0.4, 0.5) is 0 Å². The number of rotatable bonds is 21. The van der Waals surface area contributed by atoms with Crippen LogP contribution in [0, 0.1) is 56.2 Å². The van der Waals surface area contributed by atoms with Crippen molar-refractivity contribution in [1.82, 2.24) is 0 Å². The first-order valence-corrected chi connectivity index (χ1v) is 33.4. The molecule has 24 nitrogen and oxygen atoms in total. The van der Waals surface area contributed by atoms with Gasteiger partial charge in [0.15, 0.2) is 43.3 Å². The van der Waals surface area contributed by atoms with Gasteiger partial charge in [0.05, 0.1) is 56.1 Å². The van der Waals surface area contributed by atoms with Crippen LogP contribution >= 0.6 is 0 Å². The maximum atomic E-state index is 14.5. The fourth-order valence-electron chi connectivity index (χ4n) is 17.6. The Hall–Kier alpha value is -3.54. The van der Waals surface area contributed by atoms with Gasteiger partial charge in [-0.25, -0.2) is 9.59 Å². The lowest BCUT2D eigenvalue weighted by Gasteiger charge is -2.73. The second-order valence-corrected chi connectivity index (χ2v) is 30.1. The van der Waals surface area contributed by atoms with Crippen molar-refractivity contribution in [2.75, 3.05) is 26.4 Å². The van der Waals surface area contributed by atoms with E-state index in [9.17, 15) is 70.2 Å². The fourth-order valence-corrected chi connectivity index (χ4v) is 17.6. The van der Waals surface area contributed by atoms with Gasteiger partial charge < -0.3 is 98.4 Å². The highest BCUT2D eigenvalue weighted by Gasteiger charge is 2.76. The van der Waals surface area contributed by atoms with E-state index >= 15 is 0 Å². The van der Waals surface area contributed by atoms with E-state index in [2.05, 4.69) is 39.8 Å². The molecule has 24 heteroatoms. The summed E-state index contributed by atoms with van der Waals surface area (Å²) in [6, 6.07) is 0.